The van der Waals surface area contributed by atoms with Crippen molar-refractivity contribution in [2.75, 3.05) is 4.90 Å². The van der Waals surface area contributed by atoms with Crippen molar-refractivity contribution in [3.63, 3.8) is 0 Å². The van der Waals surface area contributed by atoms with Gasteiger partial charge in [0.1, 0.15) is 0 Å². The maximum Gasteiger partial charge on any atom is 0.0541 e. The van der Waals surface area contributed by atoms with Crippen LogP contribution in [0, 0.1) is 0 Å². The van der Waals surface area contributed by atoms with Crippen molar-refractivity contribution in [3.05, 3.63) is 254 Å². The molecule has 12 aromatic carbocycles. The molecular weight excluding hydrogens is 893 g/mol. The Morgan fingerprint density at radius 2 is 0.770 bits per heavy atom. The van der Waals surface area contributed by atoms with Gasteiger partial charge in [-0.2, -0.15) is 0 Å². The molecule has 0 saturated heterocycles. The van der Waals surface area contributed by atoms with E-state index in [1.807, 2.05) is 0 Å². The van der Waals surface area contributed by atoms with E-state index in [1.54, 1.807) is 0 Å². The standard InChI is InChI=1S/C72H58N2/c1-71(2,3)56-35-27-50(28-36-56)48-23-25-49(26-24-48)51-29-38-58(39-30-51)73(68-44-37-57(72(4,5)6)46-63(68)55-18-14-17-54(45-55)47-15-8-7-9-16-47)66-42-33-52-32-41-62-67(43-34-53-31-40-61(66)69(52)70(53)62)74-64-21-12-10-19-59(64)60-20-11-13-22-65(60)74/h7-46H,1-6H3. The molecule has 1 aromatic heterocycles. The smallest absolute Gasteiger partial charge is 0.0541 e. The summed E-state index contributed by atoms with van der Waals surface area (Å²) in [5, 5.41) is 9.98. The summed E-state index contributed by atoms with van der Waals surface area (Å²) in [4.78, 5) is 2.52. The molecule has 0 atom stereocenters. The number of nitrogens with zero attached hydrogens (tertiary/aromatic N) is 2. The fraction of sp³-hybridized carbons (Fsp3) is 0.111. The second kappa shape index (κ2) is 17.5. The number of fused-ring (bicyclic) bond motifs is 3. The zero-order valence-electron chi connectivity index (χ0n) is 43.0. The molecule has 0 bridgehead atoms. The van der Waals surface area contributed by atoms with Gasteiger partial charge in [-0.1, -0.05) is 230 Å². The molecule has 1 heterocycles. The van der Waals surface area contributed by atoms with Crippen molar-refractivity contribution in [2.24, 2.45) is 0 Å². The van der Waals surface area contributed by atoms with E-state index >= 15 is 0 Å². The fourth-order valence-corrected chi connectivity index (χ4v) is 11.5. The minimum atomic E-state index is -0.0662. The van der Waals surface area contributed by atoms with E-state index in [0.717, 1.165) is 17.1 Å². The summed E-state index contributed by atoms with van der Waals surface area (Å²) in [7, 11) is 0. The predicted octanol–water partition coefficient (Wildman–Crippen LogP) is 20.4. The van der Waals surface area contributed by atoms with Gasteiger partial charge in [-0.3, -0.25) is 0 Å². The van der Waals surface area contributed by atoms with Crippen molar-refractivity contribution in [3.8, 4) is 50.2 Å². The third-order valence-corrected chi connectivity index (χ3v) is 15.5. The minimum absolute atomic E-state index is 0.0662. The van der Waals surface area contributed by atoms with Crippen LogP contribution < -0.4 is 4.90 Å². The van der Waals surface area contributed by atoms with E-state index in [9.17, 15) is 0 Å². The van der Waals surface area contributed by atoms with E-state index in [-0.39, 0.29) is 10.8 Å². The van der Waals surface area contributed by atoms with Crippen LogP contribution >= 0.6 is 0 Å². The molecule has 2 nitrogen and oxygen atoms in total. The Balaban J connectivity index is 1.01. The molecule has 13 aromatic rings. The summed E-state index contributed by atoms with van der Waals surface area (Å²) in [6, 6.07) is 90.6. The van der Waals surface area contributed by atoms with Crippen molar-refractivity contribution >= 4 is 71.2 Å². The van der Waals surface area contributed by atoms with Gasteiger partial charge in [0, 0.05) is 32.8 Å². The van der Waals surface area contributed by atoms with Crippen LogP contribution in [0.3, 0.4) is 0 Å². The summed E-state index contributed by atoms with van der Waals surface area (Å²) in [6.45, 7) is 13.7. The number of benzene rings is 12. The quantitative estimate of drug-likeness (QED) is 0.138. The molecule has 0 N–H and O–H groups in total. The van der Waals surface area contributed by atoms with Gasteiger partial charge in [-0.25, -0.2) is 0 Å². The third kappa shape index (κ3) is 7.72. The zero-order valence-corrected chi connectivity index (χ0v) is 43.0. The molecule has 0 aliphatic carbocycles. The average Bonchev–Trinajstić information content (AvgIpc) is 3.78. The lowest BCUT2D eigenvalue weighted by Gasteiger charge is -2.31. The van der Waals surface area contributed by atoms with Crippen LogP contribution in [0.2, 0.25) is 0 Å². The van der Waals surface area contributed by atoms with Crippen molar-refractivity contribution in [2.45, 2.75) is 52.4 Å². The van der Waals surface area contributed by atoms with Crippen LogP contribution in [0.15, 0.2) is 243 Å². The zero-order chi connectivity index (χ0) is 50.3. The van der Waals surface area contributed by atoms with Gasteiger partial charge in [0.2, 0.25) is 0 Å². The predicted molar refractivity (Wildman–Crippen MR) is 318 cm³/mol. The average molecular weight is 951 g/mol. The summed E-state index contributed by atoms with van der Waals surface area (Å²) in [5.41, 5.74) is 19.2. The Hall–Kier alpha value is -8.72. The lowest BCUT2D eigenvalue weighted by atomic mass is 9.84. The van der Waals surface area contributed by atoms with Gasteiger partial charge in [0.05, 0.1) is 28.1 Å². The van der Waals surface area contributed by atoms with Gasteiger partial charge < -0.3 is 9.47 Å². The Morgan fingerprint density at radius 1 is 0.311 bits per heavy atom. The van der Waals surface area contributed by atoms with Crippen molar-refractivity contribution in [1.82, 2.24) is 4.57 Å². The van der Waals surface area contributed by atoms with E-state index in [4.69, 9.17) is 0 Å². The van der Waals surface area contributed by atoms with Crippen LogP contribution in [-0.4, -0.2) is 4.57 Å². The molecule has 0 amide bonds. The number of rotatable bonds is 8. The molecule has 2 heteroatoms. The highest BCUT2D eigenvalue weighted by Crippen LogP contribution is 2.49. The second-order valence-corrected chi connectivity index (χ2v) is 22.2. The van der Waals surface area contributed by atoms with E-state index in [1.165, 1.54) is 115 Å². The number of hydrogen-bond acceptors (Lipinski definition) is 1. The largest absolute Gasteiger partial charge is 0.309 e. The highest BCUT2D eigenvalue weighted by atomic mass is 15.1. The molecule has 0 fully saturated rings. The summed E-state index contributed by atoms with van der Waals surface area (Å²) in [5.74, 6) is 0. The maximum absolute atomic E-state index is 2.52. The Labute approximate surface area is 434 Å². The highest BCUT2D eigenvalue weighted by Gasteiger charge is 2.25. The lowest BCUT2D eigenvalue weighted by molar-refractivity contribution is 0.590. The van der Waals surface area contributed by atoms with Crippen LogP contribution in [0.25, 0.3) is 104 Å². The fourth-order valence-electron chi connectivity index (χ4n) is 11.5. The second-order valence-electron chi connectivity index (χ2n) is 22.2. The number of para-hydroxylation sites is 2. The Bertz CT molecular complexity index is 4170. The molecule has 74 heavy (non-hydrogen) atoms. The van der Waals surface area contributed by atoms with Gasteiger partial charge in [-0.05, 0) is 137 Å². The molecule has 356 valence electrons. The summed E-state index contributed by atoms with van der Waals surface area (Å²) < 4.78 is 2.47. The monoisotopic (exact) mass is 950 g/mol. The molecule has 13 rings (SSSR count). The minimum Gasteiger partial charge on any atom is -0.309 e. The Morgan fingerprint density at radius 3 is 1.39 bits per heavy atom. The van der Waals surface area contributed by atoms with Gasteiger partial charge in [-0.15, -0.1) is 0 Å². The van der Waals surface area contributed by atoms with Crippen molar-refractivity contribution < 1.29 is 0 Å². The third-order valence-electron chi connectivity index (χ3n) is 15.5. The molecule has 0 unspecified atom stereocenters. The van der Waals surface area contributed by atoms with Crippen LogP contribution in [-0.2, 0) is 10.8 Å². The van der Waals surface area contributed by atoms with Crippen molar-refractivity contribution in [1.29, 1.82) is 0 Å². The molecule has 0 radical (unpaired) electrons. The maximum atomic E-state index is 2.52. The first-order valence-electron chi connectivity index (χ1n) is 26.1. The van der Waals surface area contributed by atoms with Gasteiger partial charge in [0.15, 0.2) is 0 Å². The molecule has 0 saturated carbocycles. The number of anilines is 3. The lowest BCUT2D eigenvalue weighted by Crippen LogP contribution is -2.15. The molecule has 0 aliphatic heterocycles. The molecule has 0 aliphatic rings. The first-order valence-corrected chi connectivity index (χ1v) is 26.1. The normalized spacial score (nSPS) is 12.2. The Kier molecular flexibility index (Phi) is 10.7. The van der Waals surface area contributed by atoms with Crippen LogP contribution in [0.4, 0.5) is 17.1 Å². The SMILES string of the molecule is CC(C)(C)c1ccc(-c2ccc(-c3ccc(N(c4ccc(C(C)(C)C)cc4-c4cccc(-c5ccccc5)c4)c4ccc5ccc6c(-n7c8ccccc8c8ccccc87)ccc7ccc4c5c76)cc3)cc2)cc1. The van der Waals surface area contributed by atoms with Gasteiger partial charge in [0.25, 0.3) is 0 Å². The topological polar surface area (TPSA) is 8.17 Å². The first kappa shape index (κ1) is 45.2. The van der Waals surface area contributed by atoms with E-state index in [2.05, 4.69) is 294 Å². The van der Waals surface area contributed by atoms with Crippen LogP contribution in [0.5, 0.6) is 0 Å². The van der Waals surface area contributed by atoms with E-state index < -0.39 is 0 Å². The summed E-state index contributed by atoms with van der Waals surface area (Å²) in [6.07, 6.45) is 0. The summed E-state index contributed by atoms with van der Waals surface area (Å²) >= 11 is 0. The number of hydrogen-bond donors (Lipinski definition) is 0. The molecular formula is C72H58N2. The highest BCUT2D eigenvalue weighted by molar-refractivity contribution is 6.27. The molecule has 0 spiro atoms. The van der Waals surface area contributed by atoms with Gasteiger partial charge >= 0.3 is 0 Å². The van der Waals surface area contributed by atoms with E-state index in [0.29, 0.717) is 0 Å². The number of aromatic nitrogens is 1. The van der Waals surface area contributed by atoms with Crippen LogP contribution in [0.1, 0.15) is 52.7 Å². The first-order chi connectivity index (χ1) is 36.0.